The molecule has 0 amide bonds. The summed E-state index contributed by atoms with van der Waals surface area (Å²) in [5.41, 5.74) is 1.09. The summed E-state index contributed by atoms with van der Waals surface area (Å²) in [6.45, 7) is 4.83. The van der Waals surface area contributed by atoms with Gasteiger partial charge in [-0.05, 0) is 56.3 Å². The van der Waals surface area contributed by atoms with Crippen LogP contribution in [-0.4, -0.2) is 58.7 Å². The fraction of sp³-hybridized carbons (Fsp3) is 0.619. The predicted octanol–water partition coefficient (Wildman–Crippen LogP) is 3.89. The van der Waals surface area contributed by atoms with Gasteiger partial charge in [-0.2, -0.15) is 23.3 Å². The third kappa shape index (κ3) is 4.73. The molecule has 1 unspecified atom stereocenters. The normalized spacial score (nSPS) is 24.4. The number of hydrogen-bond acceptors (Lipinski definition) is 6. The van der Waals surface area contributed by atoms with Gasteiger partial charge in [-0.25, -0.2) is 4.68 Å². The number of halogens is 3. The molecule has 2 aliphatic heterocycles. The topological polar surface area (TPSA) is 64.4 Å². The van der Waals surface area contributed by atoms with Gasteiger partial charge in [-0.3, -0.25) is 4.90 Å². The quantitative estimate of drug-likeness (QED) is 0.737. The molecule has 3 heterocycles. The summed E-state index contributed by atoms with van der Waals surface area (Å²) in [5.74, 6) is 1.70. The highest BCUT2D eigenvalue weighted by atomic mass is 19.4. The van der Waals surface area contributed by atoms with Gasteiger partial charge in [-0.1, -0.05) is 6.07 Å². The number of likely N-dealkylation sites (tertiary alicyclic amines) is 1. The molecule has 1 aromatic carbocycles. The second-order valence-corrected chi connectivity index (χ2v) is 8.13. The Morgan fingerprint density at radius 3 is 2.84 bits per heavy atom. The molecule has 1 aromatic heterocycles. The zero-order valence-electron chi connectivity index (χ0n) is 17.7. The maximum absolute atomic E-state index is 13.6. The standard InChI is InChI=1S/C21H28F3N5O2/c1-3-31-18-9-14(6-7-17(18)30-2)11-28-8-4-5-15(12-28)16-10-19(21(22,23)24)29-20(27-16)25-13-26-29/h6-7,9,13,15-16,19H,3-5,8,10-12H2,1-2H3,(H,25,26,27)/t15?,16-,19+/m0/s1. The van der Waals surface area contributed by atoms with Gasteiger partial charge < -0.3 is 14.8 Å². The van der Waals surface area contributed by atoms with Crippen molar-refractivity contribution in [2.45, 2.75) is 51.0 Å². The third-order valence-corrected chi connectivity index (χ3v) is 6.08. The molecule has 0 spiro atoms. The number of aromatic nitrogens is 3. The first-order valence-electron chi connectivity index (χ1n) is 10.6. The summed E-state index contributed by atoms with van der Waals surface area (Å²) in [5, 5.41) is 6.98. The number of fused-ring (bicyclic) bond motifs is 1. The van der Waals surface area contributed by atoms with Crippen molar-refractivity contribution in [3.05, 3.63) is 30.1 Å². The number of methoxy groups -OCH3 is 1. The van der Waals surface area contributed by atoms with Crippen LogP contribution < -0.4 is 14.8 Å². The lowest BCUT2D eigenvalue weighted by molar-refractivity contribution is -0.174. The molecular weight excluding hydrogens is 411 g/mol. The minimum Gasteiger partial charge on any atom is -0.493 e. The molecule has 2 aromatic rings. The van der Waals surface area contributed by atoms with E-state index in [1.165, 1.54) is 6.33 Å². The van der Waals surface area contributed by atoms with Crippen molar-refractivity contribution in [2.75, 3.05) is 32.1 Å². The van der Waals surface area contributed by atoms with Crippen LogP contribution in [0.25, 0.3) is 0 Å². The monoisotopic (exact) mass is 439 g/mol. The van der Waals surface area contributed by atoms with Crippen LogP contribution in [0.3, 0.4) is 0 Å². The van der Waals surface area contributed by atoms with Crippen LogP contribution in [-0.2, 0) is 6.54 Å². The summed E-state index contributed by atoms with van der Waals surface area (Å²) in [7, 11) is 1.61. The Morgan fingerprint density at radius 2 is 2.10 bits per heavy atom. The zero-order valence-corrected chi connectivity index (χ0v) is 17.7. The fourth-order valence-electron chi connectivity index (χ4n) is 4.64. The molecule has 2 aliphatic rings. The van der Waals surface area contributed by atoms with Crippen molar-refractivity contribution in [3.8, 4) is 11.5 Å². The minimum absolute atomic E-state index is 0.0324. The fourth-order valence-corrected chi connectivity index (χ4v) is 4.64. The largest absolute Gasteiger partial charge is 0.493 e. The van der Waals surface area contributed by atoms with Crippen LogP contribution in [0.2, 0.25) is 0 Å². The summed E-state index contributed by atoms with van der Waals surface area (Å²) in [4.78, 5) is 6.30. The average molecular weight is 439 g/mol. The van der Waals surface area contributed by atoms with Crippen molar-refractivity contribution in [3.63, 3.8) is 0 Å². The molecule has 0 bridgehead atoms. The van der Waals surface area contributed by atoms with Crippen LogP contribution in [0, 0.1) is 5.92 Å². The second kappa shape index (κ2) is 8.94. The first kappa shape index (κ1) is 21.7. The van der Waals surface area contributed by atoms with Gasteiger partial charge in [0.05, 0.1) is 13.7 Å². The highest BCUT2D eigenvalue weighted by Crippen LogP contribution is 2.41. The molecule has 0 saturated carbocycles. The molecule has 170 valence electrons. The van der Waals surface area contributed by atoms with Crippen molar-refractivity contribution in [1.82, 2.24) is 19.7 Å². The third-order valence-electron chi connectivity index (χ3n) is 6.08. The number of hydrogen-bond donors (Lipinski definition) is 1. The molecule has 0 aliphatic carbocycles. The predicted molar refractivity (Wildman–Crippen MR) is 109 cm³/mol. The summed E-state index contributed by atoms with van der Waals surface area (Å²) in [6, 6.07) is 3.95. The number of rotatable bonds is 6. The smallest absolute Gasteiger partial charge is 0.411 e. The first-order valence-corrected chi connectivity index (χ1v) is 10.6. The summed E-state index contributed by atoms with van der Waals surface area (Å²) >= 11 is 0. The summed E-state index contributed by atoms with van der Waals surface area (Å²) in [6.07, 6.45) is -1.37. The molecular formula is C21H28F3N5O2. The highest BCUT2D eigenvalue weighted by Gasteiger charge is 2.48. The maximum Gasteiger partial charge on any atom is 0.411 e. The molecule has 10 heteroatoms. The van der Waals surface area contributed by atoms with Gasteiger partial charge >= 0.3 is 6.18 Å². The van der Waals surface area contributed by atoms with Gasteiger partial charge in [0.15, 0.2) is 17.5 Å². The lowest BCUT2D eigenvalue weighted by atomic mass is 9.86. The average Bonchev–Trinajstić information content (AvgIpc) is 3.21. The molecule has 7 nitrogen and oxygen atoms in total. The number of benzene rings is 1. The van der Waals surface area contributed by atoms with Gasteiger partial charge in [-0.15, -0.1) is 0 Å². The molecule has 1 N–H and O–H groups in total. The van der Waals surface area contributed by atoms with E-state index < -0.39 is 12.2 Å². The van der Waals surface area contributed by atoms with Crippen LogP contribution in [0.4, 0.5) is 19.1 Å². The molecule has 0 radical (unpaired) electrons. The van der Waals surface area contributed by atoms with E-state index in [1.807, 2.05) is 25.1 Å². The minimum atomic E-state index is -4.35. The van der Waals surface area contributed by atoms with Gasteiger partial charge in [0, 0.05) is 19.1 Å². The molecule has 31 heavy (non-hydrogen) atoms. The maximum atomic E-state index is 13.6. The molecule has 1 saturated heterocycles. The van der Waals surface area contributed by atoms with E-state index in [2.05, 4.69) is 20.3 Å². The molecule has 4 rings (SSSR count). The number of nitrogens with zero attached hydrogens (tertiary/aromatic N) is 4. The molecule has 3 atom stereocenters. The summed E-state index contributed by atoms with van der Waals surface area (Å²) < 4.78 is 52.8. The van der Waals surface area contributed by atoms with E-state index in [0.717, 1.165) is 36.2 Å². The van der Waals surface area contributed by atoms with Crippen LogP contribution >= 0.6 is 0 Å². The van der Waals surface area contributed by atoms with Gasteiger partial charge in [0.2, 0.25) is 5.95 Å². The van der Waals surface area contributed by atoms with Crippen LogP contribution in [0.1, 0.15) is 37.8 Å². The number of alkyl halides is 3. The van der Waals surface area contributed by atoms with Crippen molar-refractivity contribution in [2.24, 2.45) is 5.92 Å². The van der Waals surface area contributed by atoms with Crippen molar-refractivity contribution in [1.29, 1.82) is 0 Å². The lowest BCUT2D eigenvalue weighted by Gasteiger charge is -2.41. The first-order chi connectivity index (χ1) is 14.9. The zero-order chi connectivity index (χ0) is 22.0. The second-order valence-electron chi connectivity index (χ2n) is 8.13. The Morgan fingerprint density at radius 1 is 1.26 bits per heavy atom. The SMILES string of the molecule is CCOc1cc(CN2CCCC([C@@H]3C[C@H](C(F)(F)F)n4ncnc4N3)C2)ccc1OC. The Kier molecular flexibility index (Phi) is 6.27. The van der Waals surface area contributed by atoms with Gasteiger partial charge in [0.1, 0.15) is 6.33 Å². The van der Waals surface area contributed by atoms with E-state index in [9.17, 15) is 13.2 Å². The number of ether oxygens (including phenoxy) is 2. The van der Waals surface area contributed by atoms with Crippen LogP contribution in [0.5, 0.6) is 11.5 Å². The van der Waals surface area contributed by atoms with Gasteiger partial charge in [0.25, 0.3) is 0 Å². The van der Waals surface area contributed by atoms with Crippen molar-refractivity contribution < 1.29 is 22.6 Å². The lowest BCUT2D eigenvalue weighted by Crippen LogP contribution is -2.47. The van der Waals surface area contributed by atoms with E-state index >= 15 is 0 Å². The Bertz CT molecular complexity index is 888. The van der Waals surface area contributed by atoms with E-state index in [0.29, 0.717) is 24.7 Å². The highest BCUT2D eigenvalue weighted by molar-refractivity contribution is 5.43. The molecule has 1 fully saturated rings. The number of nitrogens with one attached hydrogen (secondary N) is 1. The van der Waals surface area contributed by atoms with Crippen molar-refractivity contribution >= 4 is 5.95 Å². The van der Waals surface area contributed by atoms with E-state index in [1.54, 1.807) is 7.11 Å². The van der Waals surface area contributed by atoms with E-state index in [4.69, 9.17) is 9.47 Å². The van der Waals surface area contributed by atoms with E-state index in [-0.39, 0.29) is 24.3 Å². The Hall–Kier alpha value is -2.49. The number of piperidine rings is 1. The Balaban J connectivity index is 1.45. The Labute approximate surface area is 179 Å². The van der Waals surface area contributed by atoms with Crippen LogP contribution in [0.15, 0.2) is 24.5 Å². The number of anilines is 1.